The van der Waals surface area contributed by atoms with Gasteiger partial charge in [0.25, 0.3) is 0 Å². The molecule has 0 saturated carbocycles. The molecule has 0 saturated heterocycles. The van der Waals surface area contributed by atoms with Crippen LogP contribution in [0, 0.1) is 11.8 Å². The maximum atomic E-state index is 8.67. The van der Waals surface area contributed by atoms with Gasteiger partial charge in [0.15, 0.2) is 0 Å². The van der Waals surface area contributed by atoms with Gasteiger partial charge in [-0.05, 0) is 18.3 Å². The van der Waals surface area contributed by atoms with Crippen LogP contribution in [0.25, 0.3) is 0 Å². The molecule has 0 spiro atoms. The Balaban J connectivity index is 3.12. The lowest BCUT2D eigenvalue weighted by Gasteiger charge is -2.12. The number of aliphatic hydroxyl groups excluding tert-OH is 1. The second-order valence-corrected chi connectivity index (χ2v) is 6.42. The molecule has 0 aliphatic heterocycles. The largest absolute Gasteiger partial charge is 0.396 e. The molecular formula is C17H36O. The van der Waals surface area contributed by atoms with Crippen molar-refractivity contribution in [2.24, 2.45) is 11.8 Å². The van der Waals surface area contributed by atoms with Gasteiger partial charge in [-0.3, -0.25) is 0 Å². The van der Waals surface area contributed by atoms with Crippen molar-refractivity contribution in [3.05, 3.63) is 0 Å². The van der Waals surface area contributed by atoms with Gasteiger partial charge in [0.1, 0.15) is 0 Å². The number of hydrogen-bond acceptors (Lipinski definition) is 1. The zero-order chi connectivity index (χ0) is 13.6. The first kappa shape index (κ1) is 18.0. The van der Waals surface area contributed by atoms with Crippen molar-refractivity contribution in [3.8, 4) is 0 Å². The molecule has 1 nitrogen and oxygen atoms in total. The highest BCUT2D eigenvalue weighted by Gasteiger charge is 2.03. The van der Waals surface area contributed by atoms with Crippen LogP contribution in [0.2, 0.25) is 0 Å². The van der Waals surface area contributed by atoms with Crippen LogP contribution in [0.1, 0.15) is 91.4 Å². The van der Waals surface area contributed by atoms with E-state index in [0.29, 0.717) is 6.61 Å². The number of hydrogen-bond donors (Lipinski definition) is 1. The average Bonchev–Trinajstić information content (AvgIpc) is 2.32. The Morgan fingerprint density at radius 3 is 1.67 bits per heavy atom. The molecule has 1 N–H and O–H groups in total. The molecule has 0 heterocycles. The summed E-state index contributed by atoms with van der Waals surface area (Å²) in [7, 11) is 0. The highest BCUT2D eigenvalue weighted by Crippen LogP contribution is 2.18. The third-order valence-corrected chi connectivity index (χ3v) is 3.83. The summed E-state index contributed by atoms with van der Waals surface area (Å²) in [6.45, 7) is 7.43. The maximum absolute atomic E-state index is 8.67. The Morgan fingerprint density at radius 2 is 1.11 bits per heavy atom. The first-order valence-electron chi connectivity index (χ1n) is 8.27. The molecule has 18 heavy (non-hydrogen) atoms. The minimum absolute atomic E-state index is 0.369. The second-order valence-electron chi connectivity index (χ2n) is 6.42. The molecule has 0 aromatic carbocycles. The van der Waals surface area contributed by atoms with Crippen molar-refractivity contribution < 1.29 is 5.11 Å². The van der Waals surface area contributed by atoms with Crippen molar-refractivity contribution in [3.63, 3.8) is 0 Å². The number of rotatable bonds is 13. The molecule has 0 aromatic rings. The Hall–Kier alpha value is -0.0400. The van der Waals surface area contributed by atoms with Crippen LogP contribution in [0.4, 0.5) is 0 Å². The molecular weight excluding hydrogens is 220 g/mol. The summed E-state index contributed by atoms with van der Waals surface area (Å²) in [6, 6.07) is 0. The van der Waals surface area contributed by atoms with Crippen LogP contribution < -0.4 is 0 Å². The monoisotopic (exact) mass is 256 g/mol. The van der Waals surface area contributed by atoms with Gasteiger partial charge in [0.05, 0.1) is 0 Å². The van der Waals surface area contributed by atoms with E-state index >= 15 is 0 Å². The zero-order valence-electron chi connectivity index (χ0n) is 13.1. The van der Waals surface area contributed by atoms with E-state index in [9.17, 15) is 0 Å². The molecule has 0 aliphatic carbocycles. The van der Waals surface area contributed by atoms with E-state index in [4.69, 9.17) is 5.11 Å². The lowest BCUT2D eigenvalue weighted by atomic mass is 9.95. The summed E-state index contributed by atoms with van der Waals surface area (Å²) in [5.74, 6) is 1.80. The predicted octanol–water partition coefficient (Wildman–Crippen LogP) is 5.56. The number of unbranched alkanes of at least 4 members (excludes halogenated alkanes) is 6. The number of aliphatic hydroxyl groups is 1. The maximum Gasteiger partial charge on any atom is 0.0431 e. The van der Waals surface area contributed by atoms with Crippen LogP contribution >= 0.6 is 0 Å². The molecule has 0 amide bonds. The Bertz CT molecular complexity index is 154. The molecule has 110 valence electrons. The van der Waals surface area contributed by atoms with Gasteiger partial charge in [-0.25, -0.2) is 0 Å². The third-order valence-electron chi connectivity index (χ3n) is 3.83. The smallest absolute Gasteiger partial charge is 0.0431 e. The Labute approximate surface area is 115 Å². The molecule has 0 rings (SSSR count). The lowest BCUT2D eigenvalue weighted by molar-refractivity contribution is 0.282. The Morgan fingerprint density at radius 1 is 0.611 bits per heavy atom. The zero-order valence-corrected chi connectivity index (χ0v) is 13.1. The van der Waals surface area contributed by atoms with E-state index < -0.39 is 0 Å². The van der Waals surface area contributed by atoms with Gasteiger partial charge in [0.2, 0.25) is 0 Å². The van der Waals surface area contributed by atoms with Gasteiger partial charge >= 0.3 is 0 Å². The van der Waals surface area contributed by atoms with Crippen molar-refractivity contribution in [1.82, 2.24) is 0 Å². The molecule has 0 radical (unpaired) electrons. The van der Waals surface area contributed by atoms with E-state index in [2.05, 4.69) is 20.8 Å². The quantitative estimate of drug-likeness (QED) is 0.428. The van der Waals surface area contributed by atoms with E-state index in [1.54, 1.807) is 0 Å². The van der Waals surface area contributed by atoms with E-state index in [1.807, 2.05) is 0 Å². The standard InChI is InChI=1S/C17H36O/c1-16(2)12-11-14-17(3)13-9-7-5-4-6-8-10-15-18/h16-18H,4-15H2,1-3H3. The summed E-state index contributed by atoms with van der Waals surface area (Å²) in [5.41, 5.74) is 0. The molecule has 0 fully saturated rings. The van der Waals surface area contributed by atoms with Gasteiger partial charge in [-0.15, -0.1) is 0 Å². The van der Waals surface area contributed by atoms with Crippen LogP contribution in [0.5, 0.6) is 0 Å². The van der Waals surface area contributed by atoms with Crippen LogP contribution in [0.15, 0.2) is 0 Å². The third kappa shape index (κ3) is 14.0. The van der Waals surface area contributed by atoms with Crippen molar-refractivity contribution >= 4 is 0 Å². The first-order valence-corrected chi connectivity index (χ1v) is 8.27. The van der Waals surface area contributed by atoms with Gasteiger partial charge in [-0.2, -0.15) is 0 Å². The van der Waals surface area contributed by atoms with E-state index in [0.717, 1.165) is 18.3 Å². The SMILES string of the molecule is CC(C)CCCC(C)CCCCCCCCCO. The van der Waals surface area contributed by atoms with Crippen LogP contribution in [-0.4, -0.2) is 11.7 Å². The van der Waals surface area contributed by atoms with Gasteiger partial charge in [-0.1, -0.05) is 85.0 Å². The molecule has 1 heteroatoms. The first-order chi connectivity index (χ1) is 8.66. The van der Waals surface area contributed by atoms with Crippen molar-refractivity contribution in [2.75, 3.05) is 6.61 Å². The average molecular weight is 256 g/mol. The van der Waals surface area contributed by atoms with Crippen LogP contribution in [-0.2, 0) is 0 Å². The van der Waals surface area contributed by atoms with Crippen LogP contribution in [0.3, 0.4) is 0 Å². The topological polar surface area (TPSA) is 20.2 Å². The minimum atomic E-state index is 0.369. The molecule has 0 aromatic heterocycles. The van der Waals surface area contributed by atoms with Gasteiger partial charge in [0, 0.05) is 6.61 Å². The van der Waals surface area contributed by atoms with E-state index in [-0.39, 0.29) is 0 Å². The second kappa shape index (κ2) is 13.4. The lowest BCUT2D eigenvalue weighted by Crippen LogP contribution is -1.97. The summed E-state index contributed by atoms with van der Waals surface area (Å²) >= 11 is 0. The highest BCUT2D eigenvalue weighted by atomic mass is 16.2. The normalized spacial score (nSPS) is 13.2. The minimum Gasteiger partial charge on any atom is -0.396 e. The van der Waals surface area contributed by atoms with E-state index in [1.165, 1.54) is 64.2 Å². The summed E-state index contributed by atoms with van der Waals surface area (Å²) in [4.78, 5) is 0. The predicted molar refractivity (Wildman–Crippen MR) is 81.9 cm³/mol. The fourth-order valence-electron chi connectivity index (χ4n) is 2.51. The fourth-order valence-corrected chi connectivity index (χ4v) is 2.51. The van der Waals surface area contributed by atoms with Crippen molar-refractivity contribution in [1.29, 1.82) is 0 Å². The highest BCUT2D eigenvalue weighted by molar-refractivity contribution is 4.56. The molecule has 1 unspecified atom stereocenters. The van der Waals surface area contributed by atoms with Crippen molar-refractivity contribution in [2.45, 2.75) is 91.4 Å². The summed E-state index contributed by atoms with van der Waals surface area (Å²) in [5, 5.41) is 8.67. The molecule has 1 atom stereocenters. The fraction of sp³-hybridized carbons (Fsp3) is 1.00. The molecule has 0 aliphatic rings. The summed E-state index contributed by atoms with van der Waals surface area (Å²) < 4.78 is 0. The van der Waals surface area contributed by atoms with Gasteiger partial charge < -0.3 is 5.11 Å². The summed E-state index contributed by atoms with van der Waals surface area (Å²) in [6.07, 6.45) is 14.8. The molecule has 0 bridgehead atoms. The Kier molecular flexibility index (Phi) is 13.4.